The summed E-state index contributed by atoms with van der Waals surface area (Å²) in [6.07, 6.45) is 4.58. The lowest BCUT2D eigenvalue weighted by molar-refractivity contribution is -0.133. The van der Waals surface area contributed by atoms with Gasteiger partial charge in [0.25, 0.3) is 0 Å². The lowest BCUT2D eigenvalue weighted by Crippen LogP contribution is -2.25. The molecular weight excluding hydrogens is 400 g/mol. The molecular formula is C26H24N4O2. The van der Waals surface area contributed by atoms with Crippen molar-refractivity contribution in [3.63, 3.8) is 0 Å². The lowest BCUT2D eigenvalue weighted by atomic mass is 9.99. The maximum Gasteiger partial charge on any atom is 0.243 e. The van der Waals surface area contributed by atoms with E-state index in [2.05, 4.69) is 31.2 Å². The molecule has 32 heavy (non-hydrogen) atoms. The topological polar surface area (TPSA) is 63.6 Å². The van der Waals surface area contributed by atoms with Crippen molar-refractivity contribution in [1.29, 1.82) is 0 Å². The number of carbonyl (C=O) groups is 1. The molecule has 2 aromatic carbocycles. The summed E-state index contributed by atoms with van der Waals surface area (Å²) < 4.78 is 7.52. The Balaban J connectivity index is 1.62. The molecule has 0 fully saturated rings. The third-order valence-electron chi connectivity index (χ3n) is 5.71. The van der Waals surface area contributed by atoms with Gasteiger partial charge in [-0.05, 0) is 31.2 Å². The fraction of sp³-hybridized carbons (Fsp3) is 0.192. The minimum atomic E-state index is -0.251. The van der Waals surface area contributed by atoms with Gasteiger partial charge in [0.15, 0.2) is 0 Å². The fourth-order valence-electron chi connectivity index (χ4n) is 3.99. The second-order valence-corrected chi connectivity index (χ2v) is 7.91. The van der Waals surface area contributed by atoms with Crippen molar-refractivity contribution in [1.82, 2.24) is 14.8 Å². The van der Waals surface area contributed by atoms with Crippen molar-refractivity contribution >= 4 is 11.6 Å². The molecule has 1 amide bonds. The van der Waals surface area contributed by atoms with Gasteiger partial charge in [-0.2, -0.15) is 10.2 Å². The van der Waals surface area contributed by atoms with E-state index in [0.29, 0.717) is 12.8 Å². The minimum absolute atomic E-state index is 0.0336. The summed E-state index contributed by atoms with van der Waals surface area (Å²) in [4.78, 5) is 12.7. The van der Waals surface area contributed by atoms with Crippen LogP contribution >= 0.6 is 0 Å². The van der Waals surface area contributed by atoms with Crippen molar-refractivity contribution in [3.05, 3.63) is 96.1 Å². The molecule has 0 bridgehead atoms. The third kappa shape index (κ3) is 3.64. The number of hydrazone groups is 1. The van der Waals surface area contributed by atoms with Gasteiger partial charge in [-0.1, -0.05) is 55.0 Å². The molecule has 0 saturated carbocycles. The van der Waals surface area contributed by atoms with Gasteiger partial charge in [-0.25, -0.2) is 9.69 Å². The Hall–Kier alpha value is -3.93. The van der Waals surface area contributed by atoms with E-state index in [4.69, 9.17) is 14.6 Å². The Kier molecular flexibility index (Phi) is 5.19. The normalized spacial score (nSPS) is 15.8. The number of rotatable bonds is 5. The van der Waals surface area contributed by atoms with E-state index in [0.717, 1.165) is 34.0 Å². The second kappa shape index (κ2) is 8.30. The number of aryl methyl sites for hydroxylation is 1. The van der Waals surface area contributed by atoms with E-state index in [-0.39, 0.29) is 11.9 Å². The van der Waals surface area contributed by atoms with Gasteiger partial charge in [0.05, 0.1) is 17.7 Å². The van der Waals surface area contributed by atoms with E-state index < -0.39 is 0 Å². The van der Waals surface area contributed by atoms with Crippen LogP contribution in [-0.2, 0) is 4.79 Å². The predicted octanol–water partition coefficient (Wildman–Crippen LogP) is 5.53. The van der Waals surface area contributed by atoms with E-state index in [9.17, 15) is 4.79 Å². The van der Waals surface area contributed by atoms with Gasteiger partial charge < -0.3 is 4.42 Å². The first-order valence-electron chi connectivity index (χ1n) is 10.8. The summed E-state index contributed by atoms with van der Waals surface area (Å²) in [5.41, 5.74) is 5.75. The molecule has 5 rings (SSSR count). The lowest BCUT2D eigenvalue weighted by Gasteiger charge is -2.18. The van der Waals surface area contributed by atoms with Crippen LogP contribution in [0.4, 0.5) is 0 Å². The molecule has 160 valence electrons. The summed E-state index contributed by atoms with van der Waals surface area (Å²) in [6.45, 7) is 3.91. The van der Waals surface area contributed by atoms with E-state index in [1.54, 1.807) is 11.3 Å². The first kappa shape index (κ1) is 20.0. The summed E-state index contributed by atoms with van der Waals surface area (Å²) in [5.74, 6) is 0.701. The van der Waals surface area contributed by atoms with Crippen LogP contribution in [0.25, 0.3) is 16.9 Å². The molecule has 1 atom stereocenters. The number of benzene rings is 2. The SMILES string of the molecule is CCC(=O)N1N=C(c2cn(-c3ccccc3)nc2-c2ccc(C)cc2)CC1c1ccco1. The average Bonchev–Trinajstić information content (AvgIpc) is 3.58. The smallest absolute Gasteiger partial charge is 0.243 e. The maximum atomic E-state index is 12.7. The highest BCUT2D eigenvalue weighted by Gasteiger charge is 2.35. The number of furan rings is 1. The zero-order chi connectivity index (χ0) is 22.1. The first-order valence-corrected chi connectivity index (χ1v) is 10.8. The third-order valence-corrected chi connectivity index (χ3v) is 5.71. The number of aromatic nitrogens is 2. The second-order valence-electron chi connectivity index (χ2n) is 7.91. The molecule has 0 radical (unpaired) electrons. The molecule has 1 unspecified atom stereocenters. The van der Waals surface area contributed by atoms with Gasteiger partial charge in [-0.15, -0.1) is 0 Å². The molecule has 3 heterocycles. The zero-order valence-electron chi connectivity index (χ0n) is 18.1. The van der Waals surface area contributed by atoms with E-state index in [1.165, 1.54) is 5.56 Å². The highest BCUT2D eigenvalue weighted by molar-refractivity contribution is 6.07. The number of amides is 1. The Morgan fingerprint density at radius 2 is 1.84 bits per heavy atom. The summed E-state index contributed by atoms with van der Waals surface area (Å²) >= 11 is 0. The highest BCUT2D eigenvalue weighted by atomic mass is 16.3. The minimum Gasteiger partial charge on any atom is -0.467 e. The predicted molar refractivity (Wildman–Crippen MR) is 123 cm³/mol. The van der Waals surface area contributed by atoms with Crippen LogP contribution in [0.15, 0.2) is 88.7 Å². The quantitative estimate of drug-likeness (QED) is 0.423. The van der Waals surface area contributed by atoms with Crippen molar-refractivity contribution in [2.75, 3.05) is 0 Å². The monoisotopic (exact) mass is 424 g/mol. The van der Waals surface area contributed by atoms with Crippen LogP contribution in [0.3, 0.4) is 0 Å². The van der Waals surface area contributed by atoms with Crippen molar-refractivity contribution in [3.8, 4) is 16.9 Å². The zero-order valence-corrected chi connectivity index (χ0v) is 18.1. The van der Waals surface area contributed by atoms with E-state index in [1.807, 2.05) is 60.3 Å². The number of nitrogens with zero attached hydrogens (tertiary/aromatic N) is 4. The summed E-state index contributed by atoms with van der Waals surface area (Å²) in [5, 5.41) is 11.2. The van der Waals surface area contributed by atoms with Gasteiger partial charge in [0, 0.05) is 30.2 Å². The summed E-state index contributed by atoms with van der Waals surface area (Å²) in [7, 11) is 0. The molecule has 0 saturated heterocycles. The molecule has 1 aliphatic heterocycles. The molecule has 1 aliphatic rings. The Morgan fingerprint density at radius 1 is 1.06 bits per heavy atom. The summed E-state index contributed by atoms with van der Waals surface area (Å²) in [6, 6.07) is 21.8. The fourth-order valence-corrected chi connectivity index (χ4v) is 3.99. The van der Waals surface area contributed by atoms with Crippen molar-refractivity contribution in [2.24, 2.45) is 5.10 Å². The number of hydrogen-bond donors (Lipinski definition) is 0. The molecule has 2 aromatic heterocycles. The van der Waals surface area contributed by atoms with Crippen LogP contribution < -0.4 is 0 Å². The van der Waals surface area contributed by atoms with Gasteiger partial charge in [0.2, 0.25) is 5.91 Å². The molecule has 6 heteroatoms. The Bertz CT molecular complexity index is 1260. The number of hydrogen-bond acceptors (Lipinski definition) is 4. The van der Waals surface area contributed by atoms with Gasteiger partial charge in [0.1, 0.15) is 17.5 Å². The Labute approximate surface area is 186 Å². The van der Waals surface area contributed by atoms with Crippen LogP contribution in [0.5, 0.6) is 0 Å². The first-order chi connectivity index (χ1) is 15.6. The molecule has 0 aliphatic carbocycles. The number of carbonyl (C=O) groups excluding carboxylic acids is 1. The van der Waals surface area contributed by atoms with Crippen molar-refractivity contribution < 1.29 is 9.21 Å². The molecule has 0 spiro atoms. The van der Waals surface area contributed by atoms with E-state index >= 15 is 0 Å². The van der Waals surface area contributed by atoms with Crippen LogP contribution in [0.2, 0.25) is 0 Å². The molecule has 6 nitrogen and oxygen atoms in total. The van der Waals surface area contributed by atoms with Crippen LogP contribution in [-0.4, -0.2) is 26.4 Å². The largest absolute Gasteiger partial charge is 0.467 e. The average molecular weight is 425 g/mol. The van der Waals surface area contributed by atoms with Gasteiger partial charge >= 0.3 is 0 Å². The number of para-hydroxylation sites is 1. The van der Waals surface area contributed by atoms with Crippen LogP contribution in [0, 0.1) is 6.92 Å². The molecule has 4 aromatic rings. The van der Waals surface area contributed by atoms with Crippen molar-refractivity contribution in [2.45, 2.75) is 32.7 Å². The Morgan fingerprint density at radius 3 is 2.53 bits per heavy atom. The standard InChI is InChI=1S/C26H24N4O2/c1-3-25(31)30-23(24-10-7-15-32-24)16-22(27-30)21-17-29(20-8-5-4-6-9-20)28-26(21)19-13-11-18(2)12-14-19/h4-15,17,23H,3,16H2,1-2H3. The highest BCUT2D eigenvalue weighted by Crippen LogP contribution is 2.36. The maximum absolute atomic E-state index is 12.7. The molecule has 0 N–H and O–H groups in total. The van der Waals surface area contributed by atoms with Gasteiger partial charge in [-0.3, -0.25) is 4.79 Å². The van der Waals surface area contributed by atoms with Crippen LogP contribution in [0.1, 0.15) is 42.7 Å².